The maximum Gasteiger partial charge on any atom is 0.157 e. The first-order valence-electron chi connectivity index (χ1n) is 8.19. The largest absolute Gasteiger partial charge is 0.383 e. The first-order chi connectivity index (χ1) is 12.7. The summed E-state index contributed by atoms with van der Waals surface area (Å²) in [5.41, 5.74) is 10.9. The van der Waals surface area contributed by atoms with Gasteiger partial charge in [0.05, 0.1) is 29.8 Å². The third kappa shape index (κ3) is 2.14. The van der Waals surface area contributed by atoms with Crippen molar-refractivity contribution in [1.82, 2.24) is 29.1 Å². The van der Waals surface area contributed by atoms with Crippen molar-refractivity contribution in [2.24, 2.45) is 0 Å². The lowest BCUT2D eigenvalue weighted by Crippen LogP contribution is -2.02. The lowest BCUT2D eigenvalue weighted by molar-refractivity contribution is 0.954. The number of nitrogens with two attached hydrogens (primary N) is 1. The van der Waals surface area contributed by atoms with Crippen molar-refractivity contribution in [3.8, 4) is 16.8 Å². The van der Waals surface area contributed by atoms with Crippen LogP contribution in [-0.4, -0.2) is 29.1 Å². The molecular weight excluding hydrogens is 326 g/mol. The highest BCUT2D eigenvalue weighted by Gasteiger charge is 2.11. The third-order valence-corrected chi connectivity index (χ3v) is 4.50. The number of anilines is 1. The molecule has 0 atom stereocenters. The van der Waals surface area contributed by atoms with Gasteiger partial charge in [0, 0.05) is 29.4 Å². The first kappa shape index (κ1) is 14.6. The van der Waals surface area contributed by atoms with E-state index >= 15 is 0 Å². The molecule has 4 aromatic heterocycles. The summed E-state index contributed by atoms with van der Waals surface area (Å²) in [6, 6.07) is 10.1. The Bertz CT molecular complexity index is 1250. The van der Waals surface area contributed by atoms with Gasteiger partial charge in [-0.05, 0) is 30.7 Å². The van der Waals surface area contributed by atoms with Crippen molar-refractivity contribution in [2.75, 3.05) is 5.73 Å². The Morgan fingerprint density at radius 2 is 1.81 bits per heavy atom. The number of aryl methyl sites for hydroxylation is 1. The molecule has 126 valence electrons. The van der Waals surface area contributed by atoms with E-state index in [0.29, 0.717) is 5.82 Å². The average molecular weight is 341 g/mol. The van der Waals surface area contributed by atoms with Gasteiger partial charge < -0.3 is 10.3 Å². The second-order valence-corrected chi connectivity index (χ2v) is 6.11. The average Bonchev–Trinajstić information content (AvgIpc) is 3.29. The normalized spacial score (nSPS) is 11.4. The van der Waals surface area contributed by atoms with E-state index in [1.54, 1.807) is 16.9 Å². The minimum absolute atomic E-state index is 0.575. The Balaban J connectivity index is 1.64. The van der Waals surface area contributed by atoms with Gasteiger partial charge in [0.1, 0.15) is 11.6 Å². The summed E-state index contributed by atoms with van der Waals surface area (Å²) in [6.45, 7) is 1.87. The predicted molar refractivity (Wildman–Crippen MR) is 100.0 cm³/mol. The molecule has 2 N–H and O–H groups in total. The predicted octanol–water partition coefficient (Wildman–Crippen LogP) is 3.02. The lowest BCUT2D eigenvalue weighted by atomic mass is 10.1. The molecule has 0 saturated heterocycles. The zero-order valence-electron chi connectivity index (χ0n) is 14.0. The highest BCUT2D eigenvalue weighted by atomic mass is 15.3. The Kier molecular flexibility index (Phi) is 3.02. The van der Waals surface area contributed by atoms with Gasteiger partial charge in [-0.2, -0.15) is 9.61 Å². The number of fused-ring (bicyclic) bond motifs is 2. The molecule has 0 unspecified atom stereocenters. The lowest BCUT2D eigenvalue weighted by Gasteiger charge is -2.09. The molecule has 5 aromatic rings. The minimum Gasteiger partial charge on any atom is -0.383 e. The van der Waals surface area contributed by atoms with E-state index in [0.717, 1.165) is 39.2 Å². The summed E-state index contributed by atoms with van der Waals surface area (Å²) >= 11 is 0. The van der Waals surface area contributed by atoms with Crippen molar-refractivity contribution in [1.29, 1.82) is 0 Å². The minimum atomic E-state index is 0.575. The number of rotatable bonds is 2. The number of nitrogen functional groups attached to an aromatic ring is 1. The van der Waals surface area contributed by atoms with Crippen molar-refractivity contribution in [2.45, 2.75) is 6.92 Å². The fraction of sp³-hybridized carbons (Fsp3) is 0.0526. The van der Waals surface area contributed by atoms with Gasteiger partial charge in [0.25, 0.3) is 0 Å². The monoisotopic (exact) mass is 341 g/mol. The SMILES string of the molecule is Cc1ncc(-n2ccc3cc(-c4cnc5ccnn5c4N)ccc32)cn1. The maximum absolute atomic E-state index is 6.29. The number of aromatic nitrogens is 6. The van der Waals surface area contributed by atoms with Crippen LogP contribution in [0.15, 0.2) is 61.3 Å². The fourth-order valence-corrected chi connectivity index (χ4v) is 3.16. The van der Waals surface area contributed by atoms with E-state index in [2.05, 4.69) is 42.8 Å². The van der Waals surface area contributed by atoms with Crippen molar-refractivity contribution < 1.29 is 0 Å². The summed E-state index contributed by atoms with van der Waals surface area (Å²) in [6.07, 6.45) is 9.14. The standard InChI is InChI=1S/C19H15N7/c1-12-21-9-15(10-22-12)25-7-5-14-8-13(2-3-17(14)25)16-11-23-18-4-6-24-26(18)19(16)20/h2-11H,20H2,1H3. The zero-order chi connectivity index (χ0) is 17.7. The summed E-state index contributed by atoms with van der Waals surface area (Å²) in [7, 11) is 0. The van der Waals surface area contributed by atoms with Crippen LogP contribution >= 0.6 is 0 Å². The second kappa shape index (κ2) is 5.38. The van der Waals surface area contributed by atoms with Crippen LogP contribution in [0.3, 0.4) is 0 Å². The topological polar surface area (TPSA) is 86.9 Å². The van der Waals surface area contributed by atoms with E-state index in [4.69, 9.17) is 5.73 Å². The van der Waals surface area contributed by atoms with Crippen LogP contribution in [0.5, 0.6) is 0 Å². The van der Waals surface area contributed by atoms with E-state index in [1.807, 2.05) is 37.6 Å². The molecule has 0 aliphatic carbocycles. The molecule has 26 heavy (non-hydrogen) atoms. The van der Waals surface area contributed by atoms with Crippen molar-refractivity contribution in [3.63, 3.8) is 0 Å². The molecule has 4 heterocycles. The van der Waals surface area contributed by atoms with Gasteiger partial charge in [0.2, 0.25) is 0 Å². The van der Waals surface area contributed by atoms with Gasteiger partial charge in [-0.3, -0.25) is 0 Å². The van der Waals surface area contributed by atoms with Crippen LogP contribution in [-0.2, 0) is 0 Å². The Morgan fingerprint density at radius 3 is 2.65 bits per heavy atom. The summed E-state index contributed by atoms with van der Waals surface area (Å²) in [5, 5.41) is 5.33. The van der Waals surface area contributed by atoms with E-state index < -0.39 is 0 Å². The molecule has 0 saturated carbocycles. The molecule has 0 amide bonds. The molecule has 1 aromatic carbocycles. The van der Waals surface area contributed by atoms with E-state index in [-0.39, 0.29) is 0 Å². The van der Waals surface area contributed by atoms with Crippen LogP contribution in [0.2, 0.25) is 0 Å². The van der Waals surface area contributed by atoms with Gasteiger partial charge in [-0.1, -0.05) is 6.07 Å². The summed E-state index contributed by atoms with van der Waals surface area (Å²) in [5.74, 6) is 1.33. The molecule has 0 radical (unpaired) electrons. The van der Waals surface area contributed by atoms with Crippen LogP contribution in [0, 0.1) is 6.92 Å². The molecule has 0 aliphatic heterocycles. The molecule has 0 spiro atoms. The van der Waals surface area contributed by atoms with Crippen molar-refractivity contribution in [3.05, 3.63) is 67.1 Å². The number of hydrogen-bond acceptors (Lipinski definition) is 5. The number of hydrogen-bond donors (Lipinski definition) is 1. The molecular formula is C19H15N7. The van der Waals surface area contributed by atoms with E-state index in [1.165, 1.54) is 0 Å². The summed E-state index contributed by atoms with van der Waals surface area (Å²) < 4.78 is 3.71. The van der Waals surface area contributed by atoms with E-state index in [9.17, 15) is 0 Å². The zero-order valence-corrected chi connectivity index (χ0v) is 14.0. The molecule has 7 heteroatoms. The molecule has 0 fully saturated rings. The van der Waals surface area contributed by atoms with Gasteiger partial charge in [0.15, 0.2) is 5.65 Å². The third-order valence-electron chi connectivity index (χ3n) is 4.50. The summed E-state index contributed by atoms with van der Waals surface area (Å²) in [4.78, 5) is 13.0. The second-order valence-electron chi connectivity index (χ2n) is 6.11. The molecule has 7 nitrogen and oxygen atoms in total. The molecule has 0 aliphatic rings. The van der Waals surface area contributed by atoms with Crippen LogP contribution in [0.1, 0.15) is 5.82 Å². The smallest absolute Gasteiger partial charge is 0.157 e. The maximum atomic E-state index is 6.29. The number of nitrogens with zero attached hydrogens (tertiary/aromatic N) is 6. The highest BCUT2D eigenvalue weighted by Crippen LogP contribution is 2.29. The molecule has 5 rings (SSSR count). The highest BCUT2D eigenvalue weighted by molar-refractivity contribution is 5.88. The first-order valence-corrected chi connectivity index (χ1v) is 8.19. The number of benzene rings is 1. The van der Waals surface area contributed by atoms with Crippen LogP contribution in [0.25, 0.3) is 33.4 Å². The Labute approximate surface area is 148 Å². The Morgan fingerprint density at radius 1 is 0.962 bits per heavy atom. The van der Waals surface area contributed by atoms with Gasteiger partial charge >= 0.3 is 0 Å². The molecule has 0 bridgehead atoms. The van der Waals surface area contributed by atoms with Gasteiger partial charge in [-0.15, -0.1) is 0 Å². The van der Waals surface area contributed by atoms with Crippen molar-refractivity contribution >= 4 is 22.4 Å². The Hall–Kier alpha value is -3.74. The van der Waals surface area contributed by atoms with Crippen LogP contribution in [0.4, 0.5) is 5.82 Å². The fourth-order valence-electron chi connectivity index (χ4n) is 3.16. The quantitative estimate of drug-likeness (QED) is 0.533. The van der Waals surface area contributed by atoms with Crippen LogP contribution < -0.4 is 5.73 Å². The van der Waals surface area contributed by atoms with Gasteiger partial charge in [-0.25, -0.2) is 15.0 Å².